The third-order valence-electron chi connectivity index (χ3n) is 4.09. The van der Waals surface area contributed by atoms with E-state index in [1.54, 1.807) is 37.4 Å². The van der Waals surface area contributed by atoms with E-state index >= 15 is 0 Å². The van der Waals surface area contributed by atoms with Gasteiger partial charge in [-0.15, -0.1) is 0 Å². The number of methoxy groups -OCH3 is 2. The van der Waals surface area contributed by atoms with Crippen molar-refractivity contribution in [2.45, 2.75) is 26.2 Å². The lowest BCUT2D eigenvalue weighted by Gasteiger charge is -2.19. The van der Waals surface area contributed by atoms with Crippen molar-refractivity contribution in [1.82, 2.24) is 5.32 Å². The fourth-order valence-corrected chi connectivity index (χ4v) is 2.50. The molecule has 144 valence electrons. The Bertz CT molecular complexity index is 808. The van der Waals surface area contributed by atoms with Gasteiger partial charge in [0.25, 0.3) is 5.91 Å². The molecule has 6 heteroatoms. The smallest absolute Gasteiger partial charge is 0.251 e. The van der Waals surface area contributed by atoms with Gasteiger partial charge in [0.15, 0.2) is 11.5 Å². The molecule has 0 aliphatic heterocycles. The molecule has 2 aromatic carbocycles. The average Bonchev–Trinajstić information content (AvgIpc) is 2.65. The molecule has 0 saturated carbocycles. The molecule has 0 aromatic heterocycles. The largest absolute Gasteiger partial charge is 0.493 e. The molecule has 0 atom stereocenters. The van der Waals surface area contributed by atoms with Gasteiger partial charge in [0.2, 0.25) is 5.91 Å². The topological polar surface area (TPSA) is 76.7 Å². The average molecular weight is 370 g/mol. The van der Waals surface area contributed by atoms with Gasteiger partial charge in [-0.05, 0) is 35.2 Å². The van der Waals surface area contributed by atoms with Crippen LogP contribution in [0.4, 0.5) is 5.69 Å². The minimum absolute atomic E-state index is 0.0221. The molecule has 0 saturated heterocycles. The Hall–Kier alpha value is -3.02. The van der Waals surface area contributed by atoms with Crippen LogP contribution in [0.1, 0.15) is 36.7 Å². The highest BCUT2D eigenvalue weighted by Gasteiger charge is 2.15. The van der Waals surface area contributed by atoms with Gasteiger partial charge in [-0.2, -0.15) is 0 Å². The van der Waals surface area contributed by atoms with Crippen LogP contribution in [0.3, 0.4) is 0 Å². The molecule has 0 aliphatic rings. The van der Waals surface area contributed by atoms with Crippen LogP contribution in [0.15, 0.2) is 42.5 Å². The van der Waals surface area contributed by atoms with Crippen LogP contribution >= 0.6 is 0 Å². The quantitative estimate of drug-likeness (QED) is 0.817. The van der Waals surface area contributed by atoms with Crippen LogP contribution in [0, 0.1) is 0 Å². The highest BCUT2D eigenvalue weighted by atomic mass is 16.5. The minimum Gasteiger partial charge on any atom is -0.493 e. The fourth-order valence-electron chi connectivity index (χ4n) is 2.50. The number of anilines is 1. The zero-order valence-corrected chi connectivity index (χ0v) is 16.4. The van der Waals surface area contributed by atoms with Crippen molar-refractivity contribution in [1.29, 1.82) is 0 Å². The molecule has 0 bridgehead atoms. The second-order valence-corrected chi connectivity index (χ2v) is 7.13. The van der Waals surface area contributed by atoms with E-state index in [0.29, 0.717) is 22.7 Å². The number of hydrogen-bond acceptors (Lipinski definition) is 4. The third kappa shape index (κ3) is 5.48. The predicted molar refractivity (Wildman–Crippen MR) is 106 cm³/mol. The number of ether oxygens (including phenoxy) is 2. The van der Waals surface area contributed by atoms with E-state index in [1.807, 2.05) is 12.1 Å². The van der Waals surface area contributed by atoms with E-state index in [1.165, 1.54) is 7.11 Å². The predicted octanol–water partition coefficient (Wildman–Crippen LogP) is 3.37. The van der Waals surface area contributed by atoms with Gasteiger partial charge >= 0.3 is 0 Å². The second-order valence-electron chi connectivity index (χ2n) is 7.13. The molecule has 0 radical (unpaired) electrons. The van der Waals surface area contributed by atoms with Gasteiger partial charge < -0.3 is 20.1 Å². The first-order valence-corrected chi connectivity index (χ1v) is 8.65. The Kier molecular flexibility index (Phi) is 6.45. The lowest BCUT2D eigenvalue weighted by Crippen LogP contribution is -2.32. The Morgan fingerprint density at radius 3 is 2.11 bits per heavy atom. The van der Waals surface area contributed by atoms with Crippen LogP contribution in [-0.2, 0) is 10.2 Å². The van der Waals surface area contributed by atoms with E-state index in [2.05, 4.69) is 31.4 Å². The maximum atomic E-state index is 12.2. The number of carbonyl (C=O) groups is 2. The van der Waals surface area contributed by atoms with Crippen LogP contribution in [0.5, 0.6) is 11.5 Å². The fraction of sp³-hybridized carbons (Fsp3) is 0.333. The summed E-state index contributed by atoms with van der Waals surface area (Å²) in [6, 6.07) is 12.4. The molecular formula is C21H26N2O4. The molecule has 0 unspecified atom stereocenters. The molecule has 0 fully saturated rings. The van der Waals surface area contributed by atoms with Crippen molar-refractivity contribution >= 4 is 17.5 Å². The molecule has 2 rings (SSSR count). The van der Waals surface area contributed by atoms with Crippen LogP contribution in [0.2, 0.25) is 0 Å². The van der Waals surface area contributed by atoms with Crippen molar-refractivity contribution in [3.63, 3.8) is 0 Å². The zero-order valence-electron chi connectivity index (χ0n) is 16.4. The monoisotopic (exact) mass is 370 g/mol. The summed E-state index contributed by atoms with van der Waals surface area (Å²) in [7, 11) is 3.06. The van der Waals surface area contributed by atoms with Crippen molar-refractivity contribution < 1.29 is 19.1 Å². The Balaban J connectivity index is 1.92. The summed E-state index contributed by atoms with van der Waals surface area (Å²) < 4.78 is 10.4. The van der Waals surface area contributed by atoms with Gasteiger partial charge in [-0.3, -0.25) is 9.59 Å². The summed E-state index contributed by atoms with van der Waals surface area (Å²) in [6.45, 7) is 6.20. The number of rotatable bonds is 6. The van der Waals surface area contributed by atoms with E-state index in [0.717, 1.165) is 5.56 Å². The summed E-state index contributed by atoms with van der Waals surface area (Å²) in [5, 5.41) is 5.34. The lowest BCUT2D eigenvalue weighted by molar-refractivity contribution is -0.115. The number of amides is 2. The van der Waals surface area contributed by atoms with E-state index in [9.17, 15) is 9.59 Å². The Morgan fingerprint density at radius 1 is 0.926 bits per heavy atom. The first kappa shape index (κ1) is 20.3. The maximum Gasteiger partial charge on any atom is 0.251 e. The van der Waals surface area contributed by atoms with Crippen molar-refractivity contribution in [3.8, 4) is 11.5 Å². The standard InChI is InChI=1S/C21H26N2O4/c1-21(2,3)15-8-6-14(7-9-15)20(25)22-13-19(24)23-16-10-11-17(26-4)18(12-16)27-5/h6-12H,13H2,1-5H3,(H,22,25)(H,23,24). The second kappa shape index (κ2) is 8.58. The molecule has 0 spiro atoms. The molecule has 2 N–H and O–H groups in total. The summed E-state index contributed by atoms with van der Waals surface area (Å²) in [4.78, 5) is 24.3. The first-order valence-electron chi connectivity index (χ1n) is 8.65. The van der Waals surface area contributed by atoms with E-state index < -0.39 is 0 Å². The van der Waals surface area contributed by atoms with Gasteiger partial charge in [0.1, 0.15) is 0 Å². The van der Waals surface area contributed by atoms with Gasteiger partial charge in [-0.1, -0.05) is 32.9 Å². The lowest BCUT2D eigenvalue weighted by atomic mass is 9.87. The van der Waals surface area contributed by atoms with Crippen LogP contribution in [-0.4, -0.2) is 32.6 Å². The molecule has 0 heterocycles. The number of carbonyl (C=O) groups excluding carboxylic acids is 2. The Morgan fingerprint density at radius 2 is 1.56 bits per heavy atom. The third-order valence-corrected chi connectivity index (χ3v) is 4.09. The molecular weight excluding hydrogens is 344 g/mol. The van der Waals surface area contributed by atoms with Crippen LogP contribution < -0.4 is 20.1 Å². The number of benzene rings is 2. The molecule has 6 nitrogen and oxygen atoms in total. The van der Waals surface area contributed by atoms with Gasteiger partial charge in [0.05, 0.1) is 20.8 Å². The molecule has 0 aliphatic carbocycles. The SMILES string of the molecule is COc1ccc(NC(=O)CNC(=O)c2ccc(C(C)(C)C)cc2)cc1OC. The summed E-state index contributed by atoms with van der Waals surface area (Å²) in [5.41, 5.74) is 2.24. The van der Waals surface area contributed by atoms with Crippen molar-refractivity contribution in [2.75, 3.05) is 26.1 Å². The van der Waals surface area contributed by atoms with Crippen LogP contribution in [0.25, 0.3) is 0 Å². The molecule has 2 aromatic rings. The number of hydrogen-bond donors (Lipinski definition) is 2. The summed E-state index contributed by atoms with van der Waals surface area (Å²) in [6.07, 6.45) is 0. The highest BCUT2D eigenvalue weighted by molar-refractivity contribution is 5.99. The summed E-state index contributed by atoms with van der Waals surface area (Å²) in [5.74, 6) is 0.459. The van der Waals surface area contributed by atoms with Gasteiger partial charge in [0, 0.05) is 17.3 Å². The normalized spacial score (nSPS) is 10.9. The van der Waals surface area contributed by atoms with E-state index in [-0.39, 0.29) is 23.8 Å². The van der Waals surface area contributed by atoms with Crippen molar-refractivity contribution in [2.24, 2.45) is 0 Å². The highest BCUT2D eigenvalue weighted by Crippen LogP contribution is 2.29. The summed E-state index contributed by atoms with van der Waals surface area (Å²) >= 11 is 0. The van der Waals surface area contributed by atoms with Crippen molar-refractivity contribution in [3.05, 3.63) is 53.6 Å². The first-order chi connectivity index (χ1) is 12.7. The van der Waals surface area contributed by atoms with Gasteiger partial charge in [-0.25, -0.2) is 0 Å². The van der Waals surface area contributed by atoms with E-state index in [4.69, 9.17) is 9.47 Å². The zero-order chi connectivity index (χ0) is 20.0. The minimum atomic E-state index is -0.332. The Labute approximate surface area is 159 Å². The molecule has 27 heavy (non-hydrogen) atoms. The molecule has 2 amide bonds. The maximum absolute atomic E-state index is 12.2. The number of nitrogens with one attached hydrogen (secondary N) is 2.